The topological polar surface area (TPSA) is 49.7 Å². The summed E-state index contributed by atoms with van der Waals surface area (Å²) in [5.41, 5.74) is -30.3. The van der Waals surface area contributed by atoms with Crippen molar-refractivity contribution in [1.82, 2.24) is 0 Å². The molecule has 4 aliphatic rings. The standard InChI is InChI=1S/C14H9F15O3/c1-3(30)4(31)2-32-8-12(24,25)5(15)9(18,19)6(16,13(8,26)27)11(22,23)7(17,10(5,20)21)14(8,28)29/h3-4,30-31H,2H2,1H3. The van der Waals surface area contributed by atoms with E-state index in [0.29, 0.717) is 6.92 Å². The van der Waals surface area contributed by atoms with Gasteiger partial charge in [0.15, 0.2) is 0 Å². The van der Waals surface area contributed by atoms with Crippen molar-refractivity contribution in [2.75, 3.05) is 6.61 Å². The Morgan fingerprint density at radius 3 is 1.00 bits per heavy atom. The molecule has 0 radical (unpaired) electrons. The van der Waals surface area contributed by atoms with Crippen molar-refractivity contribution < 1.29 is 80.8 Å². The first-order valence-corrected chi connectivity index (χ1v) is 8.16. The van der Waals surface area contributed by atoms with E-state index in [0.717, 1.165) is 0 Å². The lowest BCUT2D eigenvalue weighted by Crippen LogP contribution is -3.10. The van der Waals surface area contributed by atoms with Gasteiger partial charge in [-0.2, -0.15) is 52.7 Å². The van der Waals surface area contributed by atoms with Crippen LogP contribution < -0.4 is 0 Å². The van der Waals surface area contributed by atoms with E-state index in [1.54, 1.807) is 0 Å². The zero-order valence-corrected chi connectivity index (χ0v) is 14.8. The van der Waals surface area contributed by atoms with E-state index >= 15 is 0 Å². The third kappa shape index (κ3) is 1.64. The molecular weight excluding hydrogens is 501 g/mol. The predicted molar refractivity (Wildman–Crippen MR) is 67.6 cm³/mol. The third-order valence-electron chi connectivity index (χ3n) is 6.25. The summed E-state index contributed by atoms with van der Waals surface area (Å²) in [5.74, 6) is -46.7. The van der Waals surface area contributed by atoms with Gasteiger partial charge >= 0.3 is 52.5 Å². The molecule has 3 nitrogen and oxygen atoms in total. The van der Waals surface area contributed by atoms with Gasteiger partial charge in [-0.15, -0.1) is 0 Å². The van der Waals surface area contributed by atoms with Crippen LogP contribution in [0.4, 0.5) is 65.9 Å². The second kappa shape index (κ2) is 5.55. The normalized spacial score (nSPS) is 47.8. The van der Waals surface area contributed by atoms with Gasteiger partial charge in [-0.05, 0) is 6.92 Å². The molecule has 32 heavy (non-hydrogen) atoms. The highest BCUT2D eigenvalue weighted by molar-refractivity contribution is 5.54. The van der Waals surface area contributed by atoms with Crippen LogP contribution in [0, 0.1) is 0 Å². The van der Waals surface area contributed by atoms with Crippen molar-refractivity contribution in [1.29, 1.82) is 0 Å². The number of hydrogen-bond donors (Lipinski definition) is 2. The van der Waals surface area contributed by atoms with Crippen molar-refractivity contribution in [2.45, 2.75) is 77.3 Å². The summed E-state index contributed by atoms with van der Waals surface area (Å²) >= 11 is 0. The zero-order chi connectivity index (χ0) is 25.6. The van der Waals surface area contributed by atoms with Gasteiger partial charge in [-0.3, -0.25) is 0 Å². The molecule has 0 heterocycles. The summed E-state index contributed by atoms with van der Waals surface area (Å²) in [6.45, 7) is -2.02. The maximum atomic E-state index is 14.7. The molecule has 4 aliphatic carbocycles. The molecule has 188 valence electrons. The number of aliphatic hydroxyl groups is 2. The summed E-state index contributed by atoms with van der Waals surface area (Å²) in [5, 5.41) is 18.2. The molecule has 2 unspecified atom stereocenters. The molecule has 0 saturated heterocycles. The smallest absolute Gasteiger partial charge is 0.339 e. The average Bonchev–Trinajstić information content (AvgIpc) is 2.61. The fraction of sp³-hybridized carbons (Fsp3) is 1.00. The van der Waals surface area contributed by atoms with Gasteiger partial charge in [-0.1, -0.05) is 0 Å². The Morgan fingerprint density at radius 1 is 0.531 bits per heavy atom. The Hall–Kier alpha value is -1.17. The number of aliphatic hydroxyl groups excluding tert-OH is 2. The molecule has 2 atom stereocenters. The van der Waals surface area contributed by atoms with Crippen LogP contribution in [0.1, 0.15) is 6.92 Å². The third-order valence-corrected chi connectivity index (χ3v) is 6.25. The van der Waals surface area contributed by atoms with Gasteiger partial charge in [0, 0.05) is 0 Å². The fourth-order valence-corrected chi connectivity index (χ4v) is 4.43. The van der Waals surface area contributed by atoms with E-state index in [2.05, 4.69) is 4.74 Å². The van der Waals surface area contributed by atoms with E-state index in [-0.39, 0.29) is 0 Å². The van der Waals surface area contributed by atoms with Crippen LogP contribution in [-0.2, 0) is 4.74 Å². The summed E-state index contributed by atoms with van der Waals surface area (Å²) in [4.78, 5) is 0. The van der Waals surface area contributed by atoms with E-state index in [4.69, 9.17) is 5.11 Å². The summed E-state index contributed by atoms with van der Waals surface area (Å²) in [7, 11) is 0. The quantitative estimate of drug-likeness (QED) is 0.570. The van der Waals surface area contributed by atoms with Crippen molar-refractivity contribution in [3.63, 3.8) is 0 Å². The first-order valence-electron chi connectivity index (χ1n) is 8.16. The van der Waals surface area contributed by atoms with Crippen LogP contribution in [0.3, 0.4) is 0 Å². The van der Waals surface area contributed by atoms with Gasteiger partial charge in [0.05, 0.1) is 12.7 Å². The Balaban J connectivity index is 2.55. The highest BCUT2D eigenvalue weighted by atomic mass is 19.3. The van der Waals surface area contributed by atoms with Crippen LogP contribution in [-0.4, -0.2) is 87.2 Å². The monoisotopic (exact) mass is 510 g/mol. The molecule has 0 aromatic heterocycles. The van der Waals surface area contributed by atoms with E-state index < -0.39 is 77.0 Å². The lowest BCUT2D eigenvalue weighted by molar-refractivity contribution is -0.619. The number of halogens is 15. The minimum atomic E-state index is -7.89. The van der Waals surface area contributed by atoms with Crippen LogP contribution in [0.2, 0.25) is 0 Å². The Labute approximate surface area is 166 Å². The second-order valence-electron chi connectivity index (χ2n) is 7.72. The van der Waals surface area contributed by atoms with E-state index in [1.807, 2.05) is 0 Å². The van der Waals surface area contributed by atoms with Crippen LogP contribution in [0.5, 0.6) is 0 Å². The summed E-state index contributed by atoms with van der Waals surface area (Å²) in [6, 6.07) is 0. The number of rotatable bonds is 4. The Kier molecular flexibility index (Phi) is 4.42. The largest absolute Gasteiger partial charge is 0.391 e. The first-order chi connectivity index (χ1) is 13.8. The molecule has 0 amide bonds. The van der Waals surface area contributed by atoms with E-state index in [9.17, 15) is 71.0 Å². The predicted octanol–water partition coefficient (Wildman–Crippen LogP) is 3.46. The fourth-order valence-electron chi connectivity index (χ4n) is 4.43. The molecule has 4 bridgehead atoms. The van der Waals surface area contributed by atoms with Crippen LogP contribution in [0.25, 0.3) is 0 Å². The lowest BCUT2D eigenvalue weighted by atomic mass is 9.40. The molecule has 18 heteroatoms. The highest BCUT2D eigenvalue weighted by Crippen LogP contribution is 2.88. The molecule has 4 saturated carbocycles. The highest BCUT2D eigenvalue weighted by Gasteiger charge is 3.23. The van der Waals surface area contributed by atoms with Gasteiger partial charge in [0.25, 0.3) is 5.60 Å². The van der Waals surface area contributed by atoms with Crippen molar-refractivity contribution in [2.24, 2.45) is 0 Å². The van der Waals surface area contributed by atoms with E-state index in [1.165, 1.54) is 0 Å². The van der Waals surface area contributed by atoms with Crippen molar-refractivity contribution in [3.05, 3.63) is 0 Å². The molecule has 0 aromatic carbocycles. The minimum Gasteiger partial charge on any atom is -0.391 e. The van der Waals surface area contributed by atoms with Crippen LogP contribution >= 0.6 is 0 Å². The molecule has 4 rings (SSSR count). The molecule has 0 aromatic rings. The first kappa shape index (κ1) is 25.5. The SMILES string of the molecule is CC(O)C(O)COC12C(F)(F)C3(F)C(F)(F)C(F)(C(F)(F)C(F)(C3(F)F)C1(F)F)C2(F)F. The molecular formula is C14H9F15O3. The van der Waals surface area contributed by atoms with Crippen LogP contribution in [0.15, 0.2) is 0 Å². The van der Waals surface area contributed by atoms with Gasteiger partial charge < -0.3 is 14.9 Å². The Morgan fingerprint density at radius 2 is 0.781 bits per heavy atom. The van der Waals surface area contributed by atoms with Gasteiger partial charge in [0.2, 0.25) is 0 Å². The van der Waals surface area contributed by atoms with Gasteiger partial charge in [-0.25, -0.2) is 13.2 Å². The van der Waals surface area contributed by atoms with Crippen molar-refractivity contribution in [3.8, 4) is 0 Å². The lowest BCUT2D eigenvalue weighted by Gasteiger charge is -2.74. The molecule has 0 aliphatic heterocycles. The van der Waals surface area contributed by atoms with Crippen molar-refractivity contribution >= 4 is 0 Å². The number of alkyl halides is 15. The average molecular weight is 510 g/mol. The van der Waals surface area contributed by atoms with Gasteiger partial charge in [0.1, 0.15) is 6.10 Å². The Bertz CT molecular complexity index is 726. The minimum absolute atomic E-state index is 0.503. The molecule has 4 fully saturated rings. The maximum Gasteiger partial charge on any atom is 0.339 e. The number of hydrogen-bond acceptors (Lipinski definition) is 3. The second-order valence-corrected chi connectivity index (χ2v) is 7.72. The maximum absolute atomic E-state index is 14.7. The zero-order valence-electron chi connectivity index (χ0n) is 14.8. The molecule has 0 spiro atoms. The molecule has 2 N–H and O–H groups in total. The summed E-state index contributed by atoms with van der Waals surface area (Å²) in [6.07, 6.45) is -5.10. The summed E-state index contributed by atoms with van der Waals surface area (Å²) < 4.78 is 220. The number of ether oxygens (including phenoxy) is 1.